The number of carbonyl (C=O) groups excluding carboxylic acids is 2. The van der Waals surface area contributed by atoms with Gasteiger partial charge in [-0.25, -0.2) is 0 Å². The van der Waals surface area contributed by atoms with Crippen molar-refractivity contribution in [3.63, 3.8) is 0 Å². The molecule has 2 amide bonds. The molecule has 2 atom stereocenters. The van der Waals surface area contributed by atoms with Crippen LogP contribution in [0.15, 0.2) is 0 Å². The maximum absolute atomic E-state index is 10.4. The van der Waals surface area contributed by atoms with Gasteiger partial charge in [-0.3, -0.25) is 9.59 Å². The minimum atomic E-state index is -0.444. The standard InChI is InChI=1S/C8H17NS.C5H8N2O2/c1-2-3-4-5-8-9-6-7-10-8;6-5(9)3-1-2-4(8)7-3/h8-9H,2-7H2,1H3;3H,1-2H2,(H2,6,9)(H,7,8)/t;3-/m.0/s1. The molecule has 2 fully saturated rings. The van der Waals surface area contributed by atoms with E-state index in [9.17, 15) is 9.59 Å². The smallest absolute Gasteiger partial charge is 0.240 e. The number of nitrogens with two attached hydrogens (primary N) is 1. The zero-order valence-electron chi connectivity index (χ0n) is 11.6. The minimum absolute atomic E-state index is 0.0844. The Balaban J connectivity index is 0.000000191. The molecule has 2 saturated heterocycles. The Morgan fingerprint density at radius 2 is 2.26 bits per heavy atom. The fourth-order valence-electron chi connectivity index (χ4n) is 2.07. The van der Waals surface area contributed by atoms with Gasteiger partial charge in [0.1, 0.15) is 6.04 Å². The molecule has 110 valence electrons. The molecule has 0 aromatic rings. The fraction of sp³-hybridized carbons (Fsp3) is 0.846. The zero-order chi connectivity index (χ0) is 14.1. The minimum Gasteiger partial charge on any atom is -0.368 e. The molecule has 6 heteroatoms. The number of rotatable bonds is 5. The average molecular weight is 287 g/mol. The second-order valence-electron chi connectivity index (χ2n) is 4.87. The maximum atomic E-state index is 10.4. The van der Waals surface area contributed by atoms with Gasteiger partial charge >= 0.3 is 0 Å². The van der Waals surface area contributed by atoms with Gasteiger partial charge in [0.2, 0.25) is 11.8 Å². The number of primary amides is 1. The Hall–Kier alpha value is -0.750. The van der Waals surface area contributed by atoms with E-state index < -0.39 is 11.9 Å². The first-order chi connectivity index (χ1) is 9.13. The summed E-state index contributed by atoms with van der Waals surface area (Å²) in [6.45, 7) is 3.48. The maximum Gasteiger partial charge on any atom is 0.240 e. The zero-order valence-corrected chi connectivity index (χ0v) is 12.4. The molecule has 5 nitrogen and oxygen atoms in total. The fourth-order valence-corrected chi connectivity index (χ4v) is 3.16. The van der Waals surface area contributed by atoms with E-state index in [1.54, 1.807) is 0 Å². The molecule has 4 N–H and O–H groups in total. The molecular formula is C13H25N3O2S. The predicted molar refractivity (Wildman–Crippen MR) is 78.7 cm³/mol. The number of carbonyl (C=O) groups is 2. The average Bonchev–Trinajstić information content (AvgIpc) is 3.01. The van der Waals surface area contributed by atoms with Crippen molar-refractivity contribution in [1.82, 2.24) is 10.6 Å². The first-order valence-corrected chi connectivity index (χ1v) is 8.12. The largest absolute Gasteiger partial charge is 0.368 e. The van der Waals surface area contributed by atoms with Crippen molar-refractivity contribution in [3.05, 3.63) is 0 Å². The van der Waals surface area contributed by atoms with E-state index in [0.717, 1.165) is 5.37 Å². The van der Waals surface area contributed by atoms with E-state index in [1.165, 1.54) is 38.0 Å². The van der Waals surface area contributed by atoms with Crippen LogP contribution in [-0.2, 0) is 9.59 Å². The van der Waals surface area contributed by atoms with E-state index in [2.05, 4.69) is 29.3 Å². The van der Waals surface area contributed by atoms with Crippen molar-refractivity contribution in [2.75, 3.05) is 12.3 Å². The van der Waals surface area contributed by atoms with Gasteiger partial charge < -0.3 is 16.4 Å². The summed E-state index contributed by atoms with van der Waals surface area (Å²) in [7, 11) is 0. The molecule has 2 heterocycles. The van der Waals surface area contributed by atoms with Crippen LogP contribution in [0.1, 0.15) is 45.4 Å². The van der Waals surface area contributed by atoms with E-state index >= 15 is 0 Å². The van der Waals surface area contributed by atoms with Crippen molar-refractivity contribution in [2.24, 2.45) is 5.73 Å². The highest BCUT2D eigenvalue weighted by atomic mass is 32.2. The summed E-state index contributed by atoms with van der Waals surface area (Å²) in [5, 5.41) is 6.70. The highest BCUT2D eigenvalue weighted by Gasteiger charge is 2.24. The molecule has 0 radical (unpaired) electrons. The van der Waals surface area contributed by atoms with Gasteiger partial charge in [0.25, 0.3) is 0 Å². The van der Waals surface area contributed by atoms with E-state index in [4.69, 9.17) is 5.73 Å². The second kappa shape index (κ2) is 9.20. The van der Waals surface area contributed by atoms with Crippen molar-refractivity contribution in [3.8, 4) is 0 Å². The van der Waals surface area contributed by atoms with E-state index in [0.29, 0.717) is 12.8 Å². The number of hydrogen-bond donors (Lipinski definition) is 3. The third-order valence-electron chi connectivity index (χ3n) is 3.20. The van der Waals surface area contributed by atoms with Crippen LogP contribution in [0.5, 0.6) is 0 Å². The highest BCUT2D eigenvalue weighted by Crippen LogP contribution is 2.19. The third-order valence-corrected chi connectivity index (χ3v) is 4.45. The molecule has 2 aliphatic rings. The topological polar surface area (TPSA) is 84.2 Å². The molecule has 19 heavy (non-hydrogen) atoms. The third kappa shape index (κ3) is 6.82. The Morgan fingerprint density at radius 3 is 2.68 bits per heavy atom. The van der Waals surface area contributed by atoms with E-state index in [-0.39, 0.29) is 5.91 Å². The summed E-state index contributed by atoms with van der Waals surface area (Å²) < 4.78 is 0. The first kappa shape index (κ1) is 16.3. The summed E-state index contributed by atoms with van der Waals surface area (Å²) in [6.07, 6.45) is 6.50. The Morgan fingerprint density at radius 1 is 1.47 bits per heavy atom. The highest BCUT2D eigenvalue weighted by molar-refractivity contribution is 8.00. The lowest BCUT2D eigenvalue weighted by Gasteiger charge is -2.07. The molecule has 1 unspecified atom stereocenters. The van der Waals surface area contributed by atoms with Crippen LogP contribution in [0.2, 0.25) is 0 Å². The number of thioether (sulfide) groups is 1. The van der Waals surface area contributed by atoms with Gasteiger partial charge in [0.05, 0.1) is 5.37 Å². The molecule has 2 rings (SSSR count). The molecule has 0 aromatic heterocycles. The molecule has 0 saturated carbocycles. The predicted octanol–water partition coefficient (Wildman–Crippen LogP) is 0.980. The van der Waals surface area contributed by atoms with Crippen LogP contribution in [-0.4, -0.2) is 35.5 Å². The summed E-state index contributed by atoms with van der Waals surface area (Å²) in [4.78, 5) is 20.8. The monoisotopic (exact) mass is 287 g/mol. The first-order valence-electron chi connectivity index (χ1n) is 7.07. The number of amides is 2. The Kier molecular flexibility index (Phi) is 7.90. The summed E-state index contributed by atoms with van der Waals surface area (Å²) >= 11 is 2.08. The summed E-state index contributed by atoms with van der Waals surface area (Å²) in [6, 6.07) is -0.419. The SMILES string of the molecule is CCCCCC1NCCS1.NC(=O)[C@@H]1CCC(=O)N1. The molecule has 0 aliphatic carbocycles. The van der Waals surface area contributed by atoms with Gasteiger partial charge in [-0.15, -0.1) is 11.8 Å². The van der Waals surface area contributed by atoms with E-state index in [1.807, 2.05) is 0 Å². The van der Waals surface area contributed by atoms with Gasteiger partial charge in [-0.05, 0) is 12.8 Å². The van der Waals surface area contributed by atoms with Crippen LogP contribution in [0, 0.1) is 0 Å². The van der Waals surface area contributed by atoms with Crippen LogP contribution < -0.4 is 16.4 Å². The van der Waals surface area contributed by atoms with Crippen molar-refractivity contribution >= 4 is 23.6 Å². The quantitative estimate of drug-likeness (QED) is 0.658. The number of unbranched alkanes of at least 4 members (excludes halogenated alkanes) is 2. The number of hydrogen-bond acceptors (Lipinski definition) is 4. The lowest BCUT2D eigenvalue weighted by atomic mass is 10.2. The van der Waals surface area contributed by atoms with Crippen LogP contribution in [0.4, 0.5) is 0 Å². The van der Waals surface area contributed by atoms with Crippen LogP contribution in [0.3, 0.4) is 0 Å². The number of nitrogens with one attached hydrogen (secondary N) is 2. The van der Waals surface area contributed by atoms with Gasteiger partial charge in [-0.1, -0.05) is 26.2 Å². The normalized spacial score (nSPS) is 25.6. The molecule has 0 spiro atoms. The van der Waals surface area contributed by atoms with Gasteiger partial charge in [0, 0.05) is 18.7 Å². The lowest BCUT2D eigenvalue weighted by Crippen LogP contribution is -2.37. The second-order valence-corrected chi connectivity index (χ2v) is 6.18. The Labute approximate surface area is 119 Å². The molecule has 2 aliphatic heterocycles. The van der Waals surface area contributed by atoms with Gasteiger partial charge in [0.15, 0.2) is 0 Å². The van der Waals surface area contributed by atoms with Crippen LogP contribution >= 0.6 is 11.8 Å². The van der Waals surface area contributed by atoms with Gasteiger partial charge in [-0.2, -0.15) is 0 Å². The summed E-state index contributed by atoms with van der Waals surface area (Å²) in [5.74, 6) is 0.788. The molecule has 0 bridgehead atoms. The van der Waals surface area contributed by atoms with Crippen LogP contribution in [0.25, 0.3) is 0 Å². The lowest BCUT2D eigenvalue weighted by molar-refractivity contribution is -0.123. The van der Waals surface area contributed by atoms with Crippen molar-refractivity contribution < 1.29 is 9.59 Å². The molecule has 0 aromatic carbocycles. The molecular weight excluding hydrogens is 262 g/mol. The Bertz CT molecular complexity index is 294. The van der Waals surface area contributed by atoms with Crippen molar-refractivity contribution in [1.29, 1.82) is 0 Å². The van der Waals surface area contributed by atoms with Crippen molar-refractivity contribution in [2.45, 2.75) is 56.9 Å². The summed E-state index contributed by atoms with van der Waals surface area (Å²) in [5.41, 5.74) is 4.91.